The van der Waals surface area contributed by atoms with Crippen LogP contribution in [0.4, 0.5) is 10.5 Å². The zero-order valence-corrected chi connectivity index (χ0v) is 17.1. The monoisotopic (exact) mass is 430 g/mol. The smallest absolute Gasteiger partial charge is 0.404 e. The lowest BCUT2D eigenvalue weighted by molar-refractivity contribution is 0.0778. The Hall–Kier alpha value is -3.53. The number of primary amides is 1. The summed E-state index contributed by atoms with van der Waals surface area (Å²) in [5.41, 5.74) is 6.27. The molecule has 30 heavy (non-hydrogen) atoms. The molecule has 2 amide bonds. The minimum absolute atomic E-state index is 0.130. The number of nitrogens with one attached hydrogen (secondary N) is 2. The summed E-state index contributed by atoms with van der Waals surface area (Å²) < 4.78 is 32.2. The maximum absolute atomic E-state index is 12.6. The largest absolute Gasteiger partial charge is 0.450 e. The van der Waals surface area contributed by atoms with Gasteiger partial charge in [0, 0.05) is 24.5 Å². The number of aromatic nitrogens is 1. The number of nitrogens with two attached hydrogens (primary N) is 1. The van der Waals surface area contributed by atoms with E-state index >= 15 is 0 Å². The van der Waals surface area contributed by atoms with Crippen molar-refractivity contribution in [3.8, 4) is 0 Å². The van der Waals surface area contributed by atoms with Crippen molar-refractivity contribution in [3.63, 3.8) is 0 Å². The minimum atomic E-state index is -3.71. The normalized spacial score (nSPS) is 11.2. The number of sulfonamides is 1. The number of ether oxygens (including phenoxy) is 1. The van der Waals surface area contributed by atoms with Gasteiger partial charge in [-0.3, -0.25) is 9.52 Å². The van der Waals surface area contributed by atoms with E-state index < -0.39 is 16.1 Å². The van der Waals surface area contributed by atoms with Crippen molar-refractivity contribution in [2.45, 2.75) is 11.3 Å². The molecule has 0 aliphatic rings. The summed E-state index contributed by atoms with van der Waals surface area (Å²) >= 11 is 0. The predicted octanol–water partition coefficient (Wildman–Crippen LogP) is 2.53. The highest BCUT2D eigenvalue weighted by Crippen LogP contribution is 2.23. The number of aromatic amines is 1. The van der Waals surface area contributed by atoms with E-state index in [-0.39, 0.29) is 17.4 Å². The predicted molar refractivity (Wildman–Crippen MR) is 113 cm³/mol. The molecule has 158 valence electrons. The third kappa shape index (κ3) is 5.09. The molecule has 10 heteroatoms. The molecule has 0 unspecified atom stereocenters. The van der Waals surface area contributed by atoms with Crippen molar-refractivity contribution >= 4 is 38.6 Å². The minimum Gasteiger partial charge on any atom is -0.450 e. The number of benzene rings is 2. The van der Waals surface area contributed by atoms with Crippen molar-refractivity contribution in [1.29, 1.82) is 0 Å². The molecule has 3 aromatic rings. The van der Waals surface area contributed by atoms with Crippen molar-refractivity contribution in [3.05, 3.63) is 60.3 Å². The summed E-state index contributed by atoms with van der Waals surface area (Å²) in [4.78, 5) is 27.8. The average molecular weight is 430 g/mol. The van der Waals surface area contributed by atoms with Crippen molar-refractivity contribution < 1.29 is 22.7 Å². The molecule has 0 saturated carbocycles. The molecule has 0 aliphatic heterocycles. The summed E-state index contributed by atoms with van der Waals surface area (Å²) in [7, 11) is -2.07. The van der Waals surface area contributed by atoms with Gasteiger partial charge in [-0.1, -0.05) is 24.3 Å². The maximum atomic E-state index is 12.6. The number of carbonyl (C=O) groups is 2. The number of carbonyl (C=O) groups excluding carboxylic acids is 2. The summed E-state index contributed by atoms with van der Waals surface area (Å²) in [5.74, 6) is -0.239. The van der Waals surface area contributed by atoms with Crippen molar-refractivity contribution in [2.75, 3.05) is 24.9 Å². The fraction of sp³-hybridized carbons (Fsp3) is 0.200. The Bertz CT molecular complexity index is 1160. The van der Waals surface area contributed by atoms with Crippen LogP contribution in [0.5, 0.6) is 0 Å². The molecule has 0 spiro atoms. The van der Waals surface area contributed by atoms with Gasteiger partial charge in [0.1, 0.15) is 5.69 Å². The van der Waals surface area contributed by atoms with Crippen LogP contribution >= 0.6 is 0 Å². The molecular weight excluding hydrogens is 408 g/mol. The number of hydrogen-bond acceptors (Lipinski definition) is 5. The molecule has 0 saturated heterocycles. The van der Waals surface area contributed by atoms with E-state index in [0.29, 0.717) is 29.9 Å². The summed E-state index contributed by atoms with van der Waals surface area (Å²) in [5, 5.41) is 0.770. The van der Waals surface area contributed by atoms with E-state index in [0.717, 1.165) is 5.39 Å². The first kappa shape index (κ1) is 21.2. The Morgan fingerprint density at radius 1 is 1.13 bits per heavy atom. The van der Waals surface area contributed by atoms with Crippen LogP contribution in [0.15, 0.2) is 59.5 Å². The van der Waals surface area contributed by atoms with E-state index in [4.69, 9.17) is 5.73 Å². The number of fused-ring (bicyclic) bond motifs is 1. The highest BCUT2D eigenvalue weighted by molar-refractivity contribution is 7.92. The SMILES string of the molecule is CN(CCCOC(N)=O)C(=O)c1cc2ccc(NS(=O)(=O)c3ccccc3)cc2[nH]1. The van der Waals surface area contributed by atoms with Gasteiger partial charge in [-0.05, 0) is 36.8 Å². The number of H-pyrrole nitrogens is 1. The van der Waals surface area contributed by atoms with Crippen LogP contribution in [0.25, 0.3) is 10.9 Å². The molecule has 0 aliphatic carbocycles. The fourth-order valence-electron chi connectivity index (χ4n) is 2.90. The number of hydrogen-bond donors (Lipinski definition) is 3. The number of anilines is 1. The van der Waals surface area contributed by atoms with Crippen LogP contribution in [0.2, 0.25) is 0 Å². The zero-order valence-electron chi connectivity index (χ0n) is 16.3. The first-order chi connectivity index (χ1) is 14.3. The van der Waals surface area contributed by atoms with Crippen LogP contribution < -0.4 is 10.5 Å². The van der Waals surface area contributed by atoms with E-state index in [1.807, 2.05) is 0 Å². The Labute approximate surface area is 173 Å². The van der Waals surface area contributed by atoms with Gasteiger partial charge in [0.2, 0.25) is 0 Å². The van der Waals surface area contributed by atoms with E-state index in [1.54, 1.807) is 49.5 Å². The van der Waals surface area contributed by atoms with Crippen molar-refractivity contribution in [2.24, 2.45) is 5.73 Å². The van der Waals surface area contributed by atoms with Crippen LogP contribution in [-0.2, 0) is 14.8 Å². The molecule has 2 aromatic carbocycles. The Balaban J connectivity index is 1.71. The molecule has 3 rings (SSSR count). The lowest BCUT2D eigenvalue weighted by atomic mass is 10.2. The Kier molecular flexibility index (Phi) is 6.26. The quantitative estimate of drug-likeness (QED) is 0.472. The average Bonchev–Trinajstić information content (AvgIpc) is 3.14. The second-order valence-electron chi connectivity index (χ2n) is 6.65. The van der Waals surface area contributed by atoms with Gasteiger partial charge < -0.3 is 20.4 Å². The van der Waals surface area contributed by atoms with Crippen molar-refractivity contribution in [1.82, 2.24) is 9.88 Å². The molecule has 1 aromatic heterocycles. The Morgan fingerprint density at radius 3 is 2.57 bits per heavy atom. The molecule has 1 heterocycles. The number of amides is 2. The topological polar surface area (TPSA) is 135 Å². The van der Waals surface area contributed by atoms with Gasteiger partial charge in [-0.25, -0.2) is 13.2 Å². The first-order valence-corrected chi connectivity index (χ1v) is 10.6. The number of nitrogens with zero attached hydrogens (tertiary/aromatic N) is 1. The van der Waals surface area contributed by atoms with Crippen LogP contribution in [0.3, 0.4) is 0 Å². The second kappa shape index (κ2) is 8.87. The summed E-state index contributed by atoms with van der Waals surface area (Å²) in [6.07, 6.45) is -0.394. The van der Waals surface area contributed by atoms with Crippen LogP contribution in [-0.4, -0.2) is 50.5 Å². The molecule has 9 nitrogen and oxygen atoms in total. The van der Waals surface area contributed by atoms with Gasteiger partial charge >= 0.3 is 6.09 Å². The van der Waals surface area contributed by atoms with E-state index in [1.165, 1.54) is 17.0 Å². The molecule has 0 bridgehead atoms. The van der Waals surface area contributed by atoms with E-state index in [9.17, 15) is 18.0 Å². The first-order valence-electron chi connectivity index (χ1n) is 9.14. The lowest BCUT2D eigenvalue weighted by Crippen LogP contribution is -2.29. The Morgan fingerprint density at radius 2 is 1.87 bits per heavy atom. The van der Waals surface area contributed by atoms with Gasteiger partial charge in [0.15, 0.2) is 0 Å². The van der Waals surface area contributed by atoms with Crippen LogP contribution in [0, 0.1) is 0 Å². The third-order valence-corrected chi connectivity index (χ3v) is 5.78. The lowest BCUT2D eigenvalue weighted by Gasteiger charge is -2.15. The maximum Gasteiger partial charge on any atom is 0.404 e. The highest BCUT2D eigenvalue weighted by atomic mass is 32.2. The molecule has 0 fully saturated rings. The fourth-order valence-corrected chi connectivity index (χ4v) is 3.97. The van der Waals surface area contributed by atoms with Gasteiger partial charge in [0.25, 0.3) is 15.9 Å². The molecule has 0 atom stereocenters. The van der Waals surface area contributed by atoms with Gasteiger partial charge in [-0.2, -0.15) is 0 Å². The molecule has 0 radical (unpaired) electrons. The summed E-state index contributed by atoms with van der Waals surface area (Å²) in [6.45, 7) is 0.508. The standard InChI is InChI=1S/C20H22N4O5S/c1-24(10-5-11-29-20(21)26)19(25)18-12-14-8-9-15(13-17(14)22-18)23-30(27,28)16-6-3-2-4-7-16/h2-4,6-9,12-13,22-23H,5,10-11H2,1H3,(H2,21,26). The highest BCUT2D eigenvalue weighted by Gasteiger charge is 2.16. The van der Waals surface area contributed by atoms with Gasteiger partial charge in [-0.15, -0.1) is 0 Å². The summed E-state index contributed by atoms with van der Waals surface area (Å²) in [6, 6.07) is 14.8. The zero-order chi connectivity index (χ0) is 21.7. The number of rotatable bonds is 8. The second-order valence-corrected chi connectivity index (χ2v) is 8.33. The van der Waals surface area contributed by atoms with Gasteiger partial charge in [0.05, 0.1) is 17.2 Å². The van der Waals surface area contributed by atoms with Crippen LogP contribution in [0.1, 0.15) is 16.9 Å². The third-order valence-electron chi connectivity index (χ3n) is 4.39. The molecular formula is C20H22N4O5S. The molecule has 4 N–H and O–H groups in total. The van der Waals surface area contributed by atoms with E-state index in [2.05, 4.69) is 14.4 Å².